The Morgan fingerprint density at radius 1 is 0.881 bits per heavy atom. The lowest BCUT2D eigenvalue weighted by atomic mass is 9.74. The maximum atomic E-state index is 13.3. The number of ether oxygens (including phenoxy) is 1. The van der Waals surface area contributed by atoms with Crippen molar-refractivity contribution in [1.29, 1.82) is 0 Å². The zero-order valence-electron chi connectivity index (χ0n) is 24.5. The van der Waals surface area contributed by atoms with Crippen LogP contribution in [-0.4, -0.2) is 51.8 Å². The second kappa shape index (κ2) is 12.6. The van der Waals surface area contributed by atoms with E-state index >= 15 is 0 Å². The van der Waals surface area contributed by atoms with E-state index in [1.165, 1.54) is 0 Å². The second-order valence-corrected chi connectivity index (χ2v) is 11.5. The normalized spacial score (nSPS) is 15.5. The summed E-state index contributed by atoms with van der Waals surface area (Å²) in [6.45, 7) is 7.46. The number of benzene rings is 3. The van der Waals surface area contributed by atoms with Crippen molar-refractivity contribution in [2.75, 3.05) is 19.6 Å². The Labute approximate surface area is 247 Å². The number of ketones is 1. The number of aromatic nitrogens is 2. The maximum Gasteiger partial charge on any atom is 0.407 e. The van der Waals surface area contributed by atoms with Crippen LogP contribution >= 0.6 is 0 Å². The van der Waals surface area contributed by atoms with Gasteiger partial charge in [-0.1, -0.05) is 91.0 Å². The number of hydrogen-bond acceptors (Lipinski definition) is 5. The summed E-state index contributed by atoms with van der Waals surface area (Å²) >= 11 is 0. The lowest BCUT2D eigenvalue weighted by molar-refractivity contribution is -0.117. The molecule has 1 amide bonds. The molecule has 216 valence electrons. The number of alkyl carbamates (subject to hydrolysis) is 1. The van der Waals surface area contributed by atoms with Gasteiger partial charge in [0.05, 0.1) is 17.8 Å². The van der Waals surface area contributed by atoms with Crippen LogP contribution < -0.4 is 5.32 Å². The number of amides is 1. The van der Waals surface area contributed by atoms with Crippen molar-refractivity contribution in [3.8, 4) is 0 Å². The molecule has 5 rings (SSSR count). The third-order valence-corrected chi connectivity index (χ3v) is 7.37. The Balaban J connectivity index is 1.43. The summed E-state index contributed by atoms with van der Waals surface area (Å²) in [6, 6.07) is 33.5. The lowest BCUT2D eigenvalue weighted by Gasteiger charge is -2.47. The summed E-state index contributed by atoms with van der Waals surface area (Å²) in [7, 11) is 0. The molecule has 0 bridgehead atoms. The van der Waals surface area contributed by atoms with Crippen molar-refractivity contribution in [3.05, 3.63) is 131 Å². The predicted molar refractivity (Wildman–Crippen MR) is 165 cm³/mol. The summed E-state index contributed by atoms with van der Waals surface area (Å²) in [4.78, 5) is 27.6. The van der Waals surface area contributed by atoms with Crippen molar-refractivity contribution < 1.29 is 14.3 Å². The Hall–Kier alpha value is -4.49. The number of carbonyl (C=O) groups is 2. The van der Waals surface area contributed by atoms with Gasteiger partial charge in [-0.3, -0.25) is 14.4 Å². The van der Waals surface area contributed by atoms with Crippen LogP contribution in [0.2, 0.25) is 0 Å². The van der Waals surface area contributed by atoms with E-state index in [-0.39, 0.29) is 5.78 Å². The largest absolute Gasteiger partial charge is 0.444 e. The monoisotopic (exact) mass is 562 g/mol. The molecule has 0 radical (unpaired) electrons. The van der Waals surface area contributed by atoms with E-state index in [0.29, 0.717) is 38.3 Å². The zero-order chi connectivity index (χ0) is 29.6. The number of likely N-dealkylation sites (tertiary alicyclic amines) is 1. The van der Waals surface area contributed by atoms with Gasteiger partial charge in [-0.15, -0.1) is 0 Å². The fourth-order valence-electron chi connectivity index (χ4n) is 5.61. The van der Waals surface area contributed by atoms with E-state index in [4.69, 9.17) is 4.74 Å². The van der Waals surface area contributed by atoms with Crippen LogP contribution in [0, 0.1) is 0 Å². The van der Waals surface area contributed by atoms with Crippen LogP contribution in [-0.2, 0) is 21.6 Å². The van der Waals surface area contributed by atoms with Crippen LogP contribution in [0.5, 0.6) is 0 Å². The molecule has 0 unspecified atom stereocenters. The molecule has 1 saturated heterocycles. The number of carbonyl (C=O) groups excluding carboxylic acids is 2. The quantitative estimate of drug-likeness (QED) is 0.209. The van der Waals surface area contributed by atoms with E-state index in [1.54, 1.807) is 4.68 Å². The van der Waals surface area contributed by atoms with Gasteiger partial charge in [0.2, 0.25) is 0 Å². The minimum atomic E-state index is -0.587. The van der Waals surface area contributed by atoms with Gasteiger partial charge >= 0.3 is 6.09 Å². The van der Waals surface area contributed by atoms with E-state index in [9.17, 15) is 9.59 Å². The number of nitrogens with zero attached hydrogens (tertiary/aromatic N) is 3. The molecule has 0 spiro atoms. The smallest absolute Gasteiger partial charge is 0.407 e. The number of Topliss-reactive ketones (excluding diaryl/α,β-unsaturated/α-hetero) is 1. The molecule has 7 heteroatoms. The minimum absolute atomic E-state index is 0.135. The van der Waals surface area contributed by atoms with Crippen LogP contribution in [0.15, 0.2) is 109 Å². The first-order chi connectivity index (χ1) is 20.3. The van der Waals surface area contributed by atoms with Crippen LogP contribution in [0.3, 0.4) is 0 Å². The van der Waals surface area contributed by atoms with Crippen molar-refractivity contribution in [2.24, 2.45) is 0 Å². The predicted octanol–water partition coefficient (Wildman–Crippen LogP) is 6.06. The van der Waals surface area contributed by atoms with Gasteiger partial charge in [-0.05, 0) is 49.6 Å². The molecule has 2 heterocycles. The number of nitrogens with one attached hydrogen (secondary N) is 1. The Morgan fingerprint density at radius 2 is 1.43 bits per heavy atom. The molecule has 1 N–H and O–H groups in total. The molecule has 4 aromatic rings. The van der Waals surface area contributed by atoms with Crippen molar-refractivity contribution in [2.45, 2.75) is 44.9 Å². The average Bonchev–Trinajstić information content (AvgIpc) is 3.43. The highest BCUT2D eigenvalue weighted by Crippen LogP contribution is 2.44. The minimum Gasteiger partial charge on any atom is -0.444 e. The Morgan fingerprint density at radius 3 is 1.95 bits per heavy atom. The Bertz CT molecular complexity index is 1430. The first-order valence-corrected chi connectivity index (χ1v) is 14.4. The van der Waals surface area contributed by atoms with Crippen LogP contribution in [0.4, 0.5) is 4.79 Å². The molecule has 0 aliphatic carbocycles. The first-order valence-electron chi connectivity index (χ1n) is 14.4. The number of hydrogen-bond donors (Lipinski definition) is 1. The van der Waals surface area contributed by atoms with Gasteiger partial charge < -0.3 is 10.1 Å². The fourth-order valence-corrected chi connectivity index (χ4v) is 5.61. The lowest BCUT2D eigenvalue weighted by Crippen LogP contribution is -2.52. The molecule has 0 saturated carbocycles. The van der Waals surface area contributed by atoms with Gasteiger partial charge in [-0.25, -0.2) is 4.79 Å². The van der Waals surface area contributed by atoms with E-state index in [2.05, 4.69) is 88.1 Å². The fraction of sp³-hybridized carbons (Fsp3) is 0.286. The standard InChI is InChI=1S/C35H38N4O3/c1-34(2,3)42-33(41)36-21-24-39-23-19-31(37-39)25-27-26-38(22-20-32(27)40)35(28-13-7-4-8-14-28,29-15-9-5-10-16-29)30-17-11-6-12-18-30/h4-19,23,25H,20-22,24,26H2,1-3H3,(H,36,41). The molecule has 42 heavy (non-hydrogen) atoms. The molecule has 1 aromatic heterocycles. The molecule has 0 atom stereocenters. The van der Waals surface area contributed by atoms with Crippen molar-refractivity contribution >= 4 is 18.0 Å². The summed E-state index contributed by atoms with van der Waals surface area (Å²) in [6.07, 6.45) is 3.72. The molecule has 7 nitrogen and oxygen atoms in total. The van der Waals surface area contributed by atoms with Gasteiger partial charge in [0.1, 0.15) is 5.60 Å². The molecule has 1 aliphatic heterocycles. The summed E-state index contributed by atoms with van der Waals surface area (Å²) in [5.74, 6) is 0.135. The van der Waals surface area contributed by atoms with E-state index < -0.39 is 17.2 Å². The third kappa shape index (κ3) is 6.52. The van der Waals surface area contributed by atoms with Gasteiger partial charge in [0, 0.05) is 37.8 Å². The molecule has 3 aromatic carbocycles. The second-order valence-electron chi connectivity index (χ2n) is 11.5. The highest BCUT2D eigenvalue weighted by Gasteiger charge is 2.44. The van der Waals surface area contributed by atoms with Crippen LogP contribution in [0.1, 0.15) is 49.6 Å². The highest BCUT2D eigenvalue weighted by molar-refractivity contribution is 6.00. The van der Waals surface area contributed by atoms with Gasteiger partial charge in [-0.2, -0.15) is 5.10 Å². The zero-order valence-corrected chi connectivity index (χ0v) is 24.5. The average molecular weight is 563 g/mol. The molecule has 1 fully saturated rings. The highest BCUT2D eigenvalue weighted by atomic mass is 16.6. The molecular formula is C35H38N4O3. The summed E-state index contributed by atoms with van der Waals surface area (Å²) in [5.41, 5.74) is 3.76. The van der Waals surface area contributed by atoms with Crippen molar-refractivity contribution in [1.82, 2.24) is 20.0 Å². The SMILES string of the molecule is CC(C)(C)OC(=O)NCCn1ccc(C=C2CN(C(c3ccccc3)(c3ccccc3)c3ccccc3)CCC2=O)n1. The van der Waals surface area contributed by atoms with Crippen molar-refractivity contribution in [3.63, 3.8) is 0 Å². The first kappa shape index (κ1) is 29.0. The third-order valence-electron chi connectivity index (χ3n) is 7.37. The molecular weight excluding hydrogens is 524 g/mol. The van der Waals surface area contributed by atoms with E-state index in [1.807, 2.05) is 57.3 Å². The number of rotatable bonds is 8. The van der Waals surface area contributed by atoms with Crippen LogP contribution in [0.25, 0.3) is 6.08 Å². The summed E-state index contributed by atoms with van der Waals surface area (Å²) < 4.78 is 7.06. The van der Waals surface area contributed by atoms with E-state index in [0.717, 1.165) is 22.3 Å². The topological polar surface area (TPSA) is 76.5 Å². The number of piperidine rings is 1. The van der Waals surface area contributed by atoms with Gasteiger partial charge in [0.25, 0.3) is 0 Å². The maximum absolute atomic E-state index is 13.3. The Kier molecular flexibility index (Phi) is 8.69. The molecule has 1 aliphatic rings. The summed E-state index contributed by atoms with van der Waals surface area (Å²) in [5, 5.41) is 7.41. The van der Waals surface area contributed by atoms with Gasteiger partial charge in [0.15, 0.2) is 5.78 Å².